The zero-order chi connectivity index (χ0) is 15.1. The van der Waals surface area contributed by atoms with Crippen LogP contribution in [0.25, 0.3) is 0 Å². The first-order valence-electron chi connectivity index (χ1n) is 7.06. The molecule has 2 N–H and O–H groups in total. The molecule has 0 spiro atoms. The Balaban J connectivity index is 1.76. The molecule has 0 fully saturated rings. The topological polar surface area (TPSA) is 33.3 Å². The van der Waals surface area contributed by atoms with Crippen LogP contribution in [-0.2, 0) is 0 Å². The lowest BCUT2D eigenvalue weighted by atomic mass is 10.1. The second-order valence-corrected chi connectivity index (χ2v) is 5.27. The highest BCUT2D eigenvalue weighted by molar-refractivity contribution is 6.32. The lowest BCUT2D eigenvalue weighted by molar-refractivity contribution is 0.415. The Morgan fingerprint density at radius 2 is 1.86 bits per heavy atom. The number of hydrogen-bond donors (Lipinski definition) is 2. The van der Waals surface area contributed by atoms with E-state index < -0.39 is 0 Å². The van der Waals surface area contributed by atoms with E-state index in [0.717, 1.165) is 18.8 Å². The van der Waals surface area contributed by atoms with Crippen LogP contribution in [0.3, 0.4) is 0 Å². The predicted octanol–water partition coefficient (Wildman–Crippen LogP) is 4.11. The lowest BCUT2D eigenvalue weighted by Crippen LogP contribution is -2.25. The number of rotatable bonds is 7. The van der Waals surface area contributed by atoms with E-state index >= 15 is 0 Å². The van der Waals surface area contributed by atoms with Gasteiger partial charge in [0.2, 0.25) is 0 Å². The molecular formula is C17H21ClN2O. The number of ether oxygens (including phenoxy) is 1. The van der Waals surface area contributed by atoms with Gasteiger partial charge in [-0.1, -0.05) is 41.9 Å². The normalized spacial score (nSPS) is 12.0. The molecule has 3 nitrogen and oxygen atoms in total. The molecule has 0 saturated carbocycles. The molecule has 0 aromatic heterocycles. The van der Waals surface area contributed by atoms with Crippen molar-refractivity contribution in [2.75, 3.05) is 25.5 Å². The Hall–Kier alpha value is -1.71. The van der Waals surface area contributed by atoms with Crippen LogP contribution in [0, 0.1) is 0 Å². The molecule has 2 aromatic rings. The van der Waals surface area contributed by atoms with E-state index in [1.54, 1.807) is 7.11 Å². The van der Waals surface area contributed by atoms with Crippen LogP contribution in [-0.4, -0.2) is 20.2 Å². The summed E-state index contributed by atoms with van der Waals surface area (Å²) in [6, 6.07) is 16.5. The van der Waals surface area contributed by atoms with Gasteiger partial charge in [0.05, 0.1) is 12.1 Å². The third-order valence-corrected chi connectivity index (χ3v) is 3.65. The van der Waals surface area contributed by atoms with Crippen LogP contribution in [0.15, 0.2) is 48.5 Å². The number of nitrogens with one attached hydrogen (secondary N) is 2. The Morgan fingerprint density at radius 3 is 2.52 bits per heavy atom. The summed E-state index contributed by atoms with van der Waals surface area (Å²) in [4.78, 5) is 0. The molecule has 21 heavy (non-hydrogen) atoms. The highest BCUT2D eigenvalue weighted by Crippen LogP contribution is 2.26. The molecule has 0 saturated heterocycles. The van der Waals surface area contributed by atoms with Crippen LogP contribution in [0.1, 0.15) is 18.5 Å². The Kier molecular flexibility index (Phi) is 5.90. The first kappa shape index (κ1) is 15.7. The van der Waals surface area contributed by atoms with Crippen molar-refractivity contribution in [3.05, 3.63) is 59.1 Å². The maximum atomic E-state index is 6.09. The molecule has 2 rings (SSSR count). The van der Waals surface area contributed by atoms with Crippen LogP contribution in [0.4, 0.5) is 5.69 Å². The van der Waals surface area contributed by atoms with Gasteiger partial charge in [-0.15, -0.1) is 0 Å². The van der Waals surface area contributed by atoms with E-state index in [4.69, 9.17) is 16.3 Å². The minimum Gasteiger partial charge on any atom is -0.495 e. The molecule has 0 heterocycles. The average Bonchev–Trinajstić information content (AvgIpc) is 2.52. The van der Waals surface area contributed by atoms with Gasteiger partial charge in [-0.3, -0.25) is 0 Å². The molecule has 0 aliphatic rings. The Morgan fingerprint density at radius 1 is 1.10 bits per heavy atom. The van der Waals surface area contributed by atoms with Gasteiger partial charge in [0.1, 0.15) is 5.75 Å². The standard InChI is InChI=1S/C17H21ClN2O/c1-13(14-6-4-3-5-7-14)19-10-11-20-15-8-9-17(21-2)16(18)12-15/h3-9,12-13,19-20H,10-11H2,1-2H3. The fourth-order valence-electron chi connectivity index (χ4n) is 2.13. The van der Waals surface area contributed by atoms with Crippen molar-refractivity contribution in [2.45, 2.75) is 13.0 Å². The number of benzene rings is 2. The van der Waals surface area contributed by atoms with E-state index in [2.05, 4.69) is 41.8 Å². The minimum atomic E-state index is 0.340. The molecular weight excluding hydrogens is 284 g/mol. The van der Waals surface area contributed by atoms with E-state index in [9.17, 15) is 0 Å². The second kappa shape index (κ2) is 7.91. The van der Waals surface area contributed by atoms with Gasteiger partial charge in [0, 0.05) is 24.8 Å². The number of methoxy groups -OCH3 is 1. The fourth-order valence-corrected chi connectivity index (χ4v) is 2.39. The zero-order valence-electron chi connectivity index (χ0n) is 12.4. The van der Waals surface area contributed by atoms with E-state index in [-0.39, 0.29) is 0 Å². The summed E-state index contributed by atoms with van der Waals surface area (Å²) in [7, 11) is 1.61. The maximum absolute atomic E-state index is 6.09. The summed E-state index contributed by atoms with van der Waals surface area (Å²) in [5.74, 6) is 0.693. The fraction of sp³-hybridized carbons (Fsp3) is 0.294. The SMILES string of the molecule is COc1ccc(NCCNC(C)c2ccccc2)cc1Cl. The minimum absolute atomic E-state index is 0.340. The van der Waals surface area contributed by atoms with Gasteiger partial charge in [0.15, 0.2) is 0 Å². The summed E-state index contributed by atoms with van der Waals surface area (Å²) >= 11 is 6.09. The zero-order valence-corrected chi connectivity index (χ0v) is 13.2. The van der Waals surface area contributed by atoms with Crippen LogP contribution >= 0.6 is 11.6 Å². The van der Waals surface area contributed by atoms with Gasteiger partial charge in [-0.2, -0.15) is 0 Å². The van der Waals surface area contributed by atoms with Crippen molar-refractivity contribution in [1.29, 1.82) is 0 Å². The van der Waals surface area contributed by atoms with E-state index in [0.29, 0.717) is 16.8 Å². The van der Waals surface area contributed by atoms with Gasteiger partial charge >= 0.3 is 0 Å². The molecule has 112 valence electrons. The monoisotopic (exact) mass is 304 g/mol. The highest BCUT2D eigenvalue weighted by atomic mass is 35.5. The molecule has 0 aliphatic heterocycles. The number of anilines is 1. The smallest absolute Gasteiger partial charge is 0.137 e. The first-order chi connectivity index (χ1) is 10.2. The van der Waals surface area contributed by atoms with Crippen molar-refractivity contribution in [3.8, 4) is 5.75 Å². The van der Waals surface area contributed by atoms with E-state index in [1.807, 2.05) is 24.3 Å². The summed E-state index contributed by atoms with van der Waals surface area (Å²) < 4.78 is 5.13. The lowest BCUT2D eigenvalue weighted by Gasteiger charge is -2.15. The third kappa shape index (κ3) is 4.66. The molecule has 2 aromatic carbocycles. The van der Waals surface area contributed by atoms with Crippen molar-refractivity contribution in [2.24, 2.45) is 0 Å². The first-order valence-corrected chi connectivity index (χ1v) is 7.44. The van der Waals surface area contributed by atoms with Gasteiger partial charge in [0.25, 0.3) is 0 Å². The summed E-state index contributed by atoms with van der Waals surface area (Å²) in [5.41, 5.74) is 2.29. The Bertz CT molecular complexity index is 560. The maximum Gasteiger partial charge on any atom is 0.137 e. The van der Waals surface area contributed by atoms with Crippen LogP contribution in [0.5, 0.6) is 5.75 Å². The quantitative estimate of drug-likeness (QED) is 0.755. The van der Waals surface area contributed by atoms with Crippen molar-refractivity contribution >= 4 is 17.3 Å². The molecule has 1 unspecified atom stereocenters. The molecule has 4 heteroatoms. The second-order valence-electron chi connectivity index (χ2n) is 4.86. The van der Waals surface area contributed by atoms with Crippen LogP contribution < -0.4 is 15.4 Å². The molecule has 0 bridgehead atoms. The summed E-state index contributed by atoms with van der Waals surface area (Å²) in [6.45, 7) is 3.87. The van der Waals surface area contributed by atoms with Gasteiger partial charge < -0.3 is 15.4 Å². The largest absolute Gasteiger partial charge is 0.495 e. The highest BCUT2D eigenvalue weighted by Gasteiger charge is 2.04. The molecule has 0 amide bonds. The summed E-state index contributed by atoms with van der Waals surface area (Å²) in [5, 5.41) is 7.45. The molecule has 0 aliphatic carbocycles. The van der Waals surface area contributed by atoms with Crippen molar-refractivity contribution < 1.29 is 4.74 Å². The average molecular weight is 305 g/mol. The third-order valence-electron chi connectivity index (χ3n) is 3.36. The summed E-state index contributed by atoms with van der Waals surface area (Å²) in [6.07, 6.45) is 0. The van der Waals surface area contributed by atoms with E-state index in [1.165, 1.54) is 5.56 Å². The number of halogens is 1. The molecule has 0 radical (unpaired) electrons. The van der Waals surface area contributed by atoms with Crippen molar-refractivity contribution in [1.82, 2.24) is 5.32 Å². The number of hydrogen-bond acceptors (Lipinski definition) is 3. The van der Waals surface area contributed by atoms with Crippen molar-refractivity contribution in [3.63, 3.8) is 0 Å². The molecule has 1 atom stereocenters. The predicted molar refractivity (Wildman–Crippen MR) is 89.4 cm³/mol. The van der Waals surface area contributed by atoms with Crippen LogP contribution in [0.2, 0.25) is 5.02 Å². The Labute approximate surface area is 131 Å². The van der Waals surface area contributed by atoms with Gasteiger partial charge in [-0.05, 0) is 30.7 Å². The van der Waals surface area contributed by atoms with Gasteiger partial charge in [-0.25, -0.2) is 0 Å².